The second-order valence-electron chi connectivity index (χ2n) is 4.68. The van der Waals surface area contributed by atoms with E-state index in [9.17, 15) is 27.9 Å². The molecule has 0 aliphatic carbocycles. The maximum Gasteiger partial charge on any atom is 0.416 e. The lowest BCUT2D eigenvalue weighted by molar-refractivity contribution is -0.138. The van der Waals surface area contributed by atoms with E-state index >= 15 is 0 Å². The summed E-state index contributed by atoms with van der Waals surface area (Å²) in [5, 5.41) is 9.52. The number of carbonyl (C=O) groups is 2. The Morgan fingerprint density at radius 3 is 2.29 bits per heavy atom. The quantitative estimate of drug-likeness (QED) is 0.526. The Morgan fingerprint density at radius 2 is 1.71 bits per heavy atom. The fourth-order valence-electron chi connectivity index (χ4n) is 1.79. The Labute approximate surface area is 134 Å². The number of rotatable bonds is 3. The molecule has 0 aliphatic heterocycles. The Bertz CT molecular complexity index is 780. The average Bonchev–Trinajstić information content (AvgIpc) is 2.53. The minimum absolute atomic E-state index is 0.390. The standard InChI is InChI=1S/C17H11F3O4/c18-17(19,20)12-7-8-13(14(21)10-12)16(23)24-15(22)9-6-11-4-2-1-3-5-11/h1-10,21H. The van der Waals surface area contributed by atoms with Crippen LogP contribution in [0.5, 0.6) is 5.75 Å². The summed E-state index contributed by atoms with van der Waals surface area (Å²) in [7, 11) is 0. The first-order valence-corrected chi connectivity index (χ1v) is 6.67. The van der Waals surface area contributed by atoms with Crippen molar-refractivity contribution in [1.29, 1.82) is 0 Å². The lowest BCUT2D eigenvalue weighted by Gasteiger charge is -2.09. The van der Waals surface area contributed by atoms with Crippen LogP contribution in [0.4, 0.5) is 13.2 Å². The van der Waals surface area contributed by atoms with Gasteiger partial charge in [-0.05, 0) is 29.8 Å². The molecule has 0 amide bonds. The molecule has 24 heavy (non-hydrogen) atoms. The van der Waals surface area contributed by atoms with Crippen molar-refractivity contribution in [3.63, 3.8) is 0 Å². The third-order valence-electron chi connectivity index (χ3n) is 2.95. The molecule has 0 fully saturated rings. The maximum absolute atomic E-state index is 12.5. The first-order chi connectivity index (χ1) is 11.3. The molecule has 0 aliphatic rings. The monoisotopic (exact) mass is 336 g/mol. The average molecular weight is 336 g/mol. The molecule has 2 aromatic rings. The zero-order chi connectivity index (χ0) is 17.7. The molecule has 0 atom stereocenters. The number of phenols is 1. The van der Waals surface area contributed by atoms with Gasteiger partial charge < -0.3 is 9.84 Å². The van der Waals surface area contributed by atoms with Crippen LogP contribution in [0.3, 0.4) is 0 Å². The van der Waals surface area contributed by atoms with Crippen molar-refractivity contribution >= 4 is 18.0 Å². The highest BCUT2D eigenvalue weighted by Crippen LogP contribution is 2.32. The minimum Gasteiger partial charge on any atom is -0.507 e. The van der Waals surface area contributed by atoms with Crippen molar-refractivity contribution in [2.75, 3.05) is 0 Å². The molecule has 7 heteroatoms. The number of hydrogen-bond donors (Lipinski definition) is 1. The molecule has 2 aromatic carbocycles. The summed E-state index contributed by atoms with van der Waals surface area (Å²) in [4.78, 5) is 23.3. The van der Waals surface area contributed by atoms with Crippen LogP contribution in [0.2, 0.25) is 0 Å². The van der Waals surface area contributed by atoms with Gasteiger partial charge in [-0.2, -0.15) is 13.2 Å². The molecule has 0 unspecified atom stereocenters. The van der Waals surface area contributed by atoms with Gasteiger partial charge in [0, 0.05) is 6.08 Å². The lowest BCUT2D eigenvalue weighted by atomic mass is 10.1. The van der Waals surface area contributed by atoms with Crippen molar-refractivity contribution in [2.45, 2.75) is 6.18 Å². The van der Waals surface area contributed by atoms with Crippen molar-refractivity contribution < 1.29 is 32.6 Å². The number of carbonyl (C=O) groups excluding carboxylic acids is 2. The molecule has 0 saturated carbocycles. The fraction of sp³-hybridized carbons (Fsp3) is 0.0588. The lowest BCUT2D eigenvalue weighted by Crippen LogP contribution is -2.12. The van der Waals surface area contributed by atoms with Crippen molar-refractivity contribution in [3.05, 3.63) is 71.3 Å². The van der Waals surface area contributed by atoms with Gasteiger partial charge >= 0.3 is 18.1 Å². The second-order valence-corrected chi connectivity index (χ2v) is 4.68. The van der Waals surface area contributed by atoms with Gasteiger partial charge in [0.15, 0.2) is 0 Å². The highest BCUT2D eigenvalue weighted by atomic mass is 19.4. The summed E-state index contributed by atoms with van der Waals surface area (Å²) >= 11 is 0. The number of phenolic OH excluding ortho intramolecular Hbond substituents is 1. The van der Waals surface area contributed by atoms with Gasteiger partial charge in [-0.3, -0.25) is 0 Å². The van der Waals surface area contributed by atoms with Crippen LogP contribution in [0.25, 0.3) is 6.08 Å². The van der Waals surface area contributed by atoms with Crippen LogP contribution in [0.15, 0.2) is 54.6 Å². The summed E-state index contributed by atoms with van der Waals surface area (Å²) in [5.74, 6) is -3.18. The highest BCUT2D eigenvalue weighted by Gasteiger charge is 2.31. The first kappa shape index (κ1) is 17.3. The number of alkyl halides is 3. The topological polar surface area (TPSA) is 63.6 Å². The van der Waals surface area contributed by atoms with E-state index in [4.69, 9.17) is 0 Å². The van der Waals surface area contributed by atoms with Gasteiger partial charge in [0.2, 0.25) is 0 Å². The van der Waals surface area contributed by atoms with E-state index in [2.05, 4.69) is 4.74 Å². The number of esters is 2. The fourth-order valence-corrected chi connectivity index (χ4v) is 1.79. The molecule has 0 spiro atoms. The molecule has 0 bridgehead atoms. The van der Waals surface area contributed by atoms with E-state index in [0.717, 1.165) is 12.1 Å². The smallest absolute Gasteiger partial charge is 0.416 e. The molecule has 4 nitrogen and oxygen atoms in total. The van der Waals surface area contributed by atoms with E-state index < -0.39 is 35.0 Å². The van der Waals surface area contributed by atoms with Gasteiger partial charge in [-0.25, -0.2) is 9.59 Å². The van der Waals surface area contributed by atoms with Gasteiger partial charge in [-0.15, -0.1) is 0 Å². The predicted octanol–water partition coefficient (Wildman–Crippen LogP) is 3.81. The van der Waals surface area contributed by atoms with Gasteiger partial charge in [0.05, 0.1) is 5.56 Å². The van der Waals surface area contributed by atoms with Gasteiger partial charge in [-0.1, -0.05) is 30.3 Å². The normalized spacial score (nSPS) is 11.5. The van der Waals surface area contributed by atoms with E-state index in [-0.39, 0.29) is 0 Å². The third-order valence-corrected chi connectivity index (χ3v) is 2.95. The van der Waals surface area contributed by atoms with Crippen LogP contribution >= 0.6 is 0 Å². The second kappa shape index (κ2) is 6.99. The largest absolute Gasteiger partial charge is 0.507 e. The Hall–Kier alpha value is -3.09. The van der Waals surface area contributed by atoms with Crippen LogP contribution in [0.1, 0.15) is 21.5 Å². The zero-order valence-corrected chi connectivity index (χ0v) is 12.1. The zero-order valence-electron chi connectivity index (χ0n) is 12.1. The number of benzene rings is 2. The summed E-state index contributed by atoms with van der Waals surface area (Å²) in [6.07, 6.45) is -2.26. The summed E-state index contributed by atoms with van der Waals surface area (Å²) in [6.45, 7) is 0. The van der Waals surface area contributed by atoms with Gasteiger partial charge in [0.1, 0.15) is 11.3 Å². The molecule has 0 aromatic heterocycles. The molecular formula is C17H11F3O4. The van der Waals surface area contributed by atoms with E-state index in [1.165, 1.54) is 6.08 Å². The van der Waals surface area contributed by atoms with Crippen molar-refractivity contribution in [3.8, 4) is 5.75 Å². The number of aromatic hydroxyl groups is 1. The maximum atomic E-state index is 12.5. The molecule has 2 rings (SSSR count). The van der Waals surface area contributed by atoms with Crippen LogP contribution < -0.4 is 0 Å². The van der Waals surface area contributed by atoms with E-state index in [1.807, 2.05) is 0 Å². The Balaban J connectivity index is 2.07. The molecule has 0 heterocycles. The first-order valence-electron chi connectivity index (χ1n) is 6.67. The Kier molecular flexibility index (Phi) is 5.03. The third kappa shape index (κ3) is 4.45. The van der Waals surface area contributed by atoms with Crippen LogP contribution in [-0.4, -0.2) is 17.0 Å². The van der Waals surface area contributed by atoms with Crippen LogP contribution in [-0.2, 0) is 15.7 Å². The molecular weight excluding hydrogens is 325 g/mol. The van der Waals surface area contributed by atoms with Crippen molar-refractivity contribution in [1.82, 2.24) is 0 Å². The summed E-state index contributed by atoms with van der Waals surface area (Å²) in [6, 6.07) is 10.5. The predicted molar refractivity (Wildman–Crippen MR) is 79.0 cm³/mol. The molecule has 0 saturated heterocycles. The van der Waals surface area contributed by atoms with E-state index in [0.29, 0.717) is 17.7 Å². The Morgan fingerprint density at radius 1 is 1.04 bits per heavy atom. The highest BCUT2D eigenvalue weighted by molar-refractivity contribution is 6.02. The van der Waals surface area contributed by atoms with Crippen molar-refractivity contribution in [2.24, 2.45) is 0 Å². The van der Waals surface area contributed by atoms with E-state index in [1.54, 1.807) is 30.3 Å². The number of hydrogen-bond acceptors (Lipinski definition) is 4. The van der Waals surface area contributed by atoms with Crippen LogP contribution in [0, 0.1) is 0 Å². The van der Waals surface area contributed by atoms with Gasteiger partial charge in [0.25, 0.3) is 0 Å². The summed E-state index contributed by atoms with van der Waals surface area (Å²) in [5.41, 5.74) is -0.962. The molecule has 1 N–H and O–H groups in total. The SMILES string of the molecule is O=C(C=Cc1ccccc1)OC(=O)c1ccc(C(F)(F)F)cc1O. The minimum atomic E-state index is -4.66. The summed E-state index contributed by atoms with van der Waals surface area (Å²) < 4.78 is 41.9. The molecule has 124 valence electrons. The number of ether oxygens (including phenoxy) is 1. The molecule has 0 radical (unpaired) electrons. The number of halogens is 3.